The van der Waals surface area contributed by atoms with E-state index in [2.05, 4.69) is 20.4 Å². The molecule has 0 aliphatic rings. The van der Waals surface area contributed by atoms with E-state index in [4.69, 9.17) is 4.52 Å². The molecule has 1 N–H and O–H groups in total. The van der Waals surface area contributed by atoms with Crippen LogP contribution in [0.2, 0.25) is 0 Å². The van der Waals surface area contributed by atoms with E-state index in [-0.39, 0.29) is 5.82 Å². The van der Waals surface area contributed by atoms with Crippen molar-refractivity contribution in [3.05, 3.63) is 66.2 Å². The first-order valence-corrected chi connectivity index (χ1v) is 7.41. The van der Waals surface area contributed by atoms with Gasteiger partial charge in [-0.25, -0.2) is 9.37 Å². The number of hydrogen-bond donors (Lipinski definition) is 1. The van der Waals surface area contributed by atoms with Crippen LogP contribution in [0.25, 0.3) is 22.4 Å². The number of fused-ring (bicyclic) bond motifs is 1. The minimum Gasteiger partial charge on any atom is -0.339 e. The molecule has 0 spiro atoms. The highest BCUT2D eigenvalue weighted by Crippen LogP contribution is 2.32. The third kappa shape index (κ3) is 2.58. The molecule has 5 nitrogen and oxygen atoms in total. The van der Waals surface area contributed by atoms with Crippen LogP contribution < -0.4 is 5.32 Å². The van der Waals surface area contributed by atoms with E-state index in [9.17, 15) is 4.39 Å². The van der Waals surface area contributed by atoms with Crippen molar-refractivity contribution in [3.8, 4) is 11.3 Å². The molecule has 0 fully saturated rings. The van der Waals surface area contributed by atoms with E-state index >= 15 is 0 Å². The van der Waals surface area contributed by atoms with Crippen LogP contribution in [-0.4, -0.2) is 15.1 Å². The van der Waals surface area contributed by atoms with Gasteiger partial charge in [0.1, 0.15) is 29.0 Å². The molecule has 0 aliphatic carbocycles. The fourth-order valence-electron chi connectivity index (χ4n) is 2.55. The Morgan fingerprint density at radius 3 is 2.67 bits per heavy atom. The van der Waals surface area contributed by atoms with Crippen molar-refractivity contribution in [1.29, 1.82) is 0 Å². The molecule has 2 aromatic carbocycles. The van der Waals surface area contributed by atoms with E-state index in [0.29, 0.717) is 22.6 Å². The minimum absolute atomic E-state index is 0.305. The molecule has 0 saturated carbocycles. The van der Waals surface area contributed by atoms with Crippen molar-refractivity contribution in [2.45, 2.75) is 6.92 Å². The minimum atomic E-state index is -0.305. The normalized spacial score (nSPS) is 10.9. The molecular weight excluding hydrogens is 307 g/mol. The van der Waals surface area contributed by atoms with Crippen LogP contribution in [0.3, 0.4) is 0 Å². The van der Waals surface area contributed by atoms with Crippen LogP contribution in [0, 0.1) is 12.7 Å². The fraction of sp³-hybridized carbons (Fsp3) is 0.0556. The van der Waals surface area contributed by atoms with E-state index in [1.54, 1.807) is 12.1 Å². The molecule has 0 bridgehead atoms. The zero-order valence-corrected chi connectivity index (χ0v) is 12.8. The average molecular weight is 320 g/mol. The number of nitrogens with one attached hydrogen (secondary N) is 1. The predicted molar refractivity (Wildman–Crippen MR) is 89.5 cm³/mol. The smallest absolute Gasteiger partial charge is 0.263 e. The molecule has 0 radical (unpaired) electrons. The summed E-state index contributed by atoms with van der Waals surface area (Å²) in [6, 6.07) is 14.0. The molecule has 0 atom stereocenters. The van der Waals surface area contributed by atoms with Crippen LogP contribution in [0.15, 0.2) is 59.4 Å². The molecule has 24 heavy (non-hydrogen) atoms. The molecule has 0 amide bonds. The van der Waals surface area contributed by atoms with Crippen LogP contribution >= 0.6 is 0 Å². The second-order valence-electron chi connectivity index (χ2n) is 5.43. The summed E-state index contributed by atoms with van der Waals surface area (Å²) in [7, 11) is 0. The second-order valence-corrected chi connectivity index (χ2v) is 5.43. The Bertz CT molecular complexity index is 1010. The number of rotatable bonds is 3. The number of halogens is 1. The van der Waals surface area contributed by atoms with Gasteiger partial charge in [-0.3, -0.25) is 0 Å². The van der Waals surface area contributed by atoms with Crippen molar-refractivity contribution in [2.24, 2.45) is 0 Å². The zero-order valence-electron chi connectivity index (χ0n) is 12.8. The van der Waals surface area contributed by atoms with Crippen molar-refractivity contribution in [2.75, 3.05) is 5.32 Å². The van der Waals surface area contributed by atoms with Gasteiger partial charge in [-0.2, -0.15) is 4.98 Å². The lowest BCUT2D eigenvalue weighted by Gasteiger charge is -2.07. The largest absolute Gasteiger partial charge is 0.339 e. The monoisotopic (exact) mass is 320 g/mol. The van der Waals surface area contributed by atoms with Gasteiger partial charge in [-0.05, 0) is 48.9 Å². The van der Waals surface area contributed by atoms with Crippen LogP contribution in [-0.2, 0) is 0 Å². The molecular formula is C18H13FN4O. The van der Waals surface area contributed by atoms with E-state index in [1.165, 1.54) is 18.5 Å². The van der Waals surface area contributed by atoms with Crippen LogP contribution in [0.5, 0.6) is 0 Å². The predicted octanol–water partition coefficient (Wildman–Crippen LogP) is 4.48. The number of anilines is 2. The Hall–Kier alpha value is -3.28. The maximum Gasteiger partial charge on any atom is 0.263 e. The van der Waals surface area contributed by atoms with Gasteiger partial charge in [-0.1, -0.05) is 17.3 Å². The summed E-state index contributed by atoms with van der Waals surface area (Å²) in [5.41, 5.74) is 3.72. The van der Waals surface area contributed by atoms with Gasteiger partial charge >= 0.3 is 0 Å². The summed E-state index contributed by atoms with van der Waals surface area (Å²) in [6.07, 6.45) is 1.42. The maximum atomic E-state index is 13.2. The number of aromatic nitrogens is 3. The van der Waals surface area contributed by atoms with Crippen molar-refractivity contribution in [3.63, 3.8) is 0 Å². The molecule has 0 saturated heterocycles. The van der Waals surface area contributed by atoms with Gasteiger partial charge in [0.25, 0.3) is 5.71 Å². The topological polar surface area (TPSA) is 63.8 Å². The zero-order chi connectivity index (χ0) is 16.5. The Labute approximate surface area is 137 Å². The van der Waals surface area contributed by atoms with Gasteiger partial charge < -0.3 is 9.84 Å². The molecule has 2 aromatic heterocycles. The molecule has 2 heterocycles. The highest BCUT2D eigenvalue weighted by atomic mass is 19.1. The van der Waals surface area contributed by atoms with Crippen LogP contribution in [0.4, 0.5) is 15.9 Å². The Morgan fingerprint density at radius 2 is 1.88 bits per heavy atom. The standard InChI is InChI=1S/C18H13FN4O/c1-11-3-2-4-14(9-11)22-17-15-16(12-5-7-13(19)8-6-12)23-24-18(15)21-10-20-17/h2-10H,1H3,(H,20,21,22). The van der Waals surface area contributed by atoms with E-state index in [0.717, 1.165) is 16.8 Å². The summed E-state index contributed by atoms with van der Waals surface area (Å²) >= 11 is 0. The highest BCUT2D eigenvalue weighted by Gasteiger charge is 2.17. The Morgan fingerprint density at radius 1 is 1.04 bits per heavy atom. The summed E-state index contributed by atoms with van der Waals surface area (Å²) in [5.74, 6) is 0.284. The quantitative estimate of drug-likeness (QED) is 0.603. The fourth-order valence-corrected chi connectivity index (χ4v) is 2.55. The number of aryl methyl sites for hydroxylation is 1. The van der Waals surface area contributed by atoms with Gasteiger partial charge in [0.05, 0.1) is 0 Å². The third-order valence-corrected chi connectivity index (χ3v) is 3.67. The molecule has 118 valence electrons. The first-order valence-electron chi connectivity index (χ1n) is 7.41. The third-order valence-electron chi connectivity index (χ3n) is 3.67. The summed E-state index contributed by atoms with van der Waals surface area (Å²) in [5, 5.41) is 8.00. The van der Waals surface area contributed by atoms with Gasteiger partial charge in [0.2, 0.25) is 0 Å². The summed E-state index contributed by atoms with van der Waals surface area (Å²) in [6.45, 7) is 2.02. The Kier molecular flexibility index (Phi) is 3.42. The van der Waals surface area contributed by atoms with Gasteiger partial charge in [0.15, 0.2) is 0 Å². The number of hydrogen-bond acceptors (Lipinski definition) is 5. The second kappa shape index (κ2) is 5.73. The van der Waals surface area contributed by atoms with Gasteiger partial charge in [0, 0.05) is 11.3 Å². The average Bonchev–Trinajstić information content (AvgIpc) is 3.01. The van der Waals surface area contributed by atoms with E-state index < -0.39 is 0 Å². The molecule has 0 aliphatic heterocycles. The molecule has 6 heteroatoms. The molecule has 0 unspecified atom stereocenters. The van der Waals surface area contributed by atoms with Crippen LogP contribution in [0.1, 0.15) is 5.56 Å². The number of nitrogens with zero attached hydrogens (tertiary/aromatic N) is 3. The van der Waals surface area contributed by atoms with E-state index in [1.807, 2.05) is 31.2 Å². The maximum absolute atomic E-state index is 13.2. The molecule has 4 rings (SSSR count). The summed E-state index contributed by atoms with van der Waals surface area (Å²) < 4.78 is 18.5. The van der Waals surface area contributed by atoms with Gasteiger partial charge in [-0.15, -0.1) is 0 Å². The summed E-state index contributed by atoms with van der Waals surface area (Å²) in [4.78, 5) is 8.42. The lowest BCUT2D eigenvalue weighted by Crippen LogP contribution is -1.96. The first-order chi connectivity index (χ1) is 11.7. The number of benzene rings is 2. The van der Waals surface area contributed by atoms with Crippen molar-refractivity contribution in [1.82, 2.24) is 15.1 Å². The highest BCUT2D eigenvalue weighted by molar-refractivity contribution is 5.98. The Balaban J connectivity index is 1.84. The SMILES string of the molecule is Cc1cccc(Nc2ncnc3onc(-c4ccc(F)cc4)c23)c1. The first kappa shape index (κ1) is 14.3. The lowest BCUT2D eigenvalue weighted by molar-refractivity contribution is 0.451. The van der Waals surface area contributed by atoms with Crippen molar-refractivity contribution < 1.29 is 8.91 Å². The molecule has 4 aromatic rings. The lowest BCUT2D eigenvalue weighted by atomic mass is 10.1. The van der Waals surface area contributed by atoms with Crippen molar-refractivity contribution >= 4 is 22.6 Å².